The number of benzene rings is 1. The number of fused-ring (bicyclic) bond motifs is 1. The standard InChI is InChI=1S/C16H16F3N3OS.CH4O/c1-10-6-7-13(12-5-3-2-4-11(10)12)22-14(16(17,18)19)20-21-15(22)24-9-8-23;1-2/h6-8H,2-5,9H2,1H3;2H,1H3. The monoisotopic (exact) mass is 387 g/mol. The lowest BCUT2D eigenvalue weighted by Crippen LogP contribution is -2.17. The van der Waals surface area contributed by atoms with Gasteiger partial charge in [0.1, 0.15) is 6.29 Å². The second-order valence-corrected chi connectivity index (χ2v) is 6.67. The minimum absolute atomic E-state index is 0.0318. The van der Waals surface area contributed by atoms with Crippen LogP contribution in [0.5, 0.6) is 0 Å². The normalized spacial score (nSPS) is 13.6. The highest BCUT2D eigenvalue weighted by Crippen LogP contribution is 2.36. The maximum atomic E-state index is 13.4. The van der Waals surface area contributed by atoms with Crippen molar-refractivity contribution in [3.63, 3.8) is 0 Å². The molecule has 1 aliphatic rings. The number of alkyl halides is 3. The number of thioether (sulfide) groups is 1. The molecule has 1 aliphatic carbocycles. The smallest absolute Gasteiger partial charge is 0.400 e. The van der Waals surface area contributed by atoms with Crippen molar-refractivity contribution in [2.45, 2.75) is 43.9 Å². The third-order valence-corrected chi connectivity index (χ3v) is 4.98. The molecular weight excluding hydrogens is 367 g/mol. The van der Waals surface area contributed by atoms with Gasteiger partial charge in [0.05, 0.1) is 11.4 Å². The van der Waals surface area contributed by atoms with Gasteiger partial charge in [-0.3, -0.25) is 4.57 Å². The molecule has 0 radical (unpaired) electrons. The number of hydrogen-bond acceptors (Lipinski definition) is 5. The molecule has 1 heterocycles. The molecule has 0 saturated carbocycles. The van der Waals surface area contributed by atoms with Gasteiger partial charge in [-0.05, 0) is 55.4 Å². The summed E-state index contributed by atoms with van der Waals surface area (Å²) in [5.41, 5.74) is 3.62. The number of aromatic nitrogens is 3. The highest BCUT2D eigenvalue weighted by Gasteiger charge is 2.39. The van der Waals surface area contributed by atoms with Gasteiger partial charge < -0.3 is 9.90 Å². The van der Waals surface area contributed by atoms with Gasteiger partial charge in [0.2, 0.25) is 5.82 Å². The second kappa shape index (κ2) is 8.68. The van der Waals surface area contributed by atoms with Gasteiger partial charge in [0.25, 0.3) is 0 Å². The van der Waals surface area contributed by atoms with Crippen molar-refractivity contribution in [3.05, 3.63) is 34.6 Å². The van der Waals surface area contributed by atoms with Crippen LogP contribution in [0.3, 0.4) is 0 Å². The first-order valence-electron chi connectivity index (χ1n) is 8.09. The van der Waals surface area contributed by atoms with E-state index in [-0.39, 0.29) is 10.9 Å². The highest BCUT2D eigenvalue weighted by molar-refractivity contribution is 7.99. The molecule has 0 fully saturated rings. The summed E-state index contributed by atoms with van der Waals surface area (Å²) in [6, 6.07) is 3.54. The average molecular weight is 387 g/mol. The Labute approximate surface area is 153 Å². The van der Waals surface area contributed by atoms with Crippen molar-refractivity contribution in [1.29, 1.82) is 0 Å². The molecule has 9 heteroatoms. The van der Waals surface area contributed by atoms with Crippen LogP contribution in [0.4, 0.5) is 13.2 Å². The Morgan fingerprint density at radius 1 is 1.19 bits per heavy atom. The van der Waals surface area contributed by atoms with Crippen molar-refractivity contribution < 1.29 is 23.1 Å². The number of carbonyl (C=O) groups is 1. The lowest BCUT2D eigenvalue weighted by molar-refractivity contribution is -0.146. The van der Waals surface area contributed by atoms with Crippen LogP contribution in [0.25, 0.3) is 5.69 Å². The Morgan fingerprint density at radius 3 is 2.46 bits per heavy atom. The molecular formula is C17H20F3N3O2S. The highest BCUT2D eigenvalue weighted by atomic mass is 32.2. The Balaban J connectivity index is 0.00000117. The molecule has 0 spiro atoms. The Hall–Kier alpha value is -1.87. The second-order valence-electron chi connectivity index (χ2n) is 5.68. The van der Waals surface area contributed by atoms with Gasteiger partial charge in [-0.15, -0.1) is 10.2 Å². The molecule has 0 aliphatic heterocycles. The third-order valence-electron chi connectivity index (χ3n) is 4.15. The van der Waals surface area contributed by atoms with E-state index in [9.17, 15) is 18.0 Å². The van der Waals surface area contributed by atoms with Crippen LogP contribution in [0.2, 0.25) is 0 Å². The number of nitrogens with zero attached hydrogens (tertiary/aromatic N) is 3. The number of aryl methyl sites for hydroxylation is 1. The molecule has 0 bridgehead atoms. The SMILES string of the molecule is CO.Cc1ccc(-n2c(SCC=O)nnc2C(F)(F)F)c2c1CCCC2. The van der Waals surface area contributed by atoms with E-state index in [2.05, 4.69) is 10.2 Å². The number of aliphatic hydroxyl groups is 1. The number of hydrogen-bond donors (Lipinski definition) is 1. The molecule has 0 saturated heterocycles. The van der Waals surface area contributed by atoms with Gasteiger partial charge in [-0.25, -0.2) is 0 Å². The maximum absolute atomic E-state index is 13.4. The fourth-order valence-electron chi connectivity index (χ4n) is 3.11. The van der Waals surface area contributed by atoms with E-state index in [1.54, 1.807) is 6.07 Å². The van der Waals surface area contributed by atoms with Crippen LogP contribution < -0.4 is 0 Å². The van der Waals surface area contributed by atoms with E-state index in [0.717, 1.165) is 65.8 Å². The van der Waals surface area contributed by atoms with E-state index in [4.69, 9.17) is 5.11 Å². The van der Waals surface area contributed by atoms with Crippen molar-refractivity contribution in [2.24, 2.45) is 0 Å². The fourth-order valence-corrected chi connectivity index (χ4v) is 3.74. The predicted octanol–water partition coefficient (Wildman–Crippen LogP) is 3.37. The van der Waals surface area contributed by atoms with Crippen molar-refractivity contribution in [1.82, 2.24) is 14.8 Å². The summed E-state index contributed by atoms with van der Waals surface area (Å²) in [6.07, 6.45) is -0.377. The molecule has 1 aromatic carbocycles. The summed E-state index contributed by atoms with van der Waals surface area (Å²) in [6.45, 7) is 1.98. The first-order valence-corrected chi connectivity index (χ1v) is 9.07. The molecule has 1 aromatic heterocycles. The maximum Gasteiger partial charge on any atom is 0.452 e. The third kappa shape index (κ3) is 4.09. The van der Waals surface area contributed by atoms with Gasteiger partial charge in [-0.2, -0.15) is 13.2 Å². The zero-order valence-electron chi connectivity index (χ0n) is 14.5. The van der Waals surface area contributed by atoms with Crippen LogP contribution in [0.1, 0.15) is 35.4 Å². The number of rotatable bonds is 4. The van der Waals surface area contributed by atoms with Crippen molar-refractivity contribution in [3.8, 4) is 5.69 Å². The largest absolute Gasteiger partial charge is 0.452 e. The van der Waals surface area contributed by atoms with E-state index < -0.39 is 12.0 Å². The van der Waals surface area contributed by atoms with Crippen LogP contribution in [-0.2, 0) is 23.8 Å². The van der Waals surface area contributed by atoms with E-state index >= 15 is 0 Å². The van der Waals surface area contributed by atoms with Crippen LogP contribution in [0, 0.1) is 6.92 Å². The first-order chi connectivity index (χ1) is 12.4. The number of carbonyl (C=O) groups excluding carboxylic acids is 1. The lowest BCUT2D eigenvalue weighted by Gasteiger charge is -2.23. The fraction of sp³-hybridized carbons (Fsp3) is 0.471. The van der Waals surface area contributed by atoms with Gasteiger partial charge in [-0.1, -0.05) is 17.8 Å². The molecule has 5 nitrogen and oxygen atoms in total. The topological polar surface area (TPSA) is 68.0 Å². The van der Waals surface area contributed by atoms with E-state index in [0.29, 0.717) is 12.0 Å². The molecule has 26 heavy (non-hydrogen) atoms. The average Bonchev–Trinajstić information content (AvgIpc) is 3.06. The van der Waals surface area contributed by atoms with Gasteiger partial charge in [0, 0.05) is 7.11 Å². The van der Waals surface area contributed by atoms with Crippen LogP contribution >= 0.6 is 11.8 Å². The van der Waals surface area contributed by atoms with Gasteiger partial charge in [0.15, 0.2) is 5.16 Å². The molecule has 0 amide bonds. The summed E-state index contributed by atoms with van der Waals surface area (Å²) < 4.78 is 41.2. The summed E-state index contributed by atoms with van der Waals surface area (Å²) in [5, 5.41) is 14.1. The lowest BCUT2D eigenvalue weighted by atomic mass is 9.87. The molecule has 0 unspecified atom stereocenters. The van der Waals surface area contributed by atoms with E-state index in [1.807, 2.05) is 13.0 Å². The quantitative estimate of drug-likeness (QED) is 0.644. The zero-order valence-corrected chi connectivity index (χ0v) is 15.3. The Kier molecular flexibility index (Phi) is 6.82. The van der Waals surface area contributed by atoms with Crippen molar-refractivity contribution in [2.75, 3.05) is 12.9 Å². The van der Waals surface area contributed by atoms with Crippen LogP contribution in [-0.4, -0.2) is 39.0 Å². The van der Waals surface area contributed by atoms with E-state index in [1.165, 1.54) is 0 Å². The first kappa shape index (κ1) is 20.4. The molecule has 142 valence electrons. The summed E-state index contributed by atoms with van der Waals surface area (Å²) in [4.78, 5) is 10.6. The Morgan fingerprint density at radius 2 is 1.85 bits per heavy atom. The van der Waals surface area contributed by atoms with Crippen molar-refractivity contribution >= 4 is 18.0 Å². The summed E-state index contributed by atoms with van der Waals surface area (Å²) >= 11 is 0.955. The minimum Gasteiger partial charge on any atom is -0.400 e. The minimum atomic E-state index is -4.61. The number of aldehydes is 1. The molecule has 3 rings (SSSR count). The molecule has 2 aromatic rings. The van der Waals surface area contributed by atoms with Gasteiger partial charge >= 0.3 is 6.18 Å². The molecule has 0 atom stereocenters. The predicted molar refractivity (Wildman–Crippen MR) is 92.7 cm³/mol. The van der Waals surface area contributed by atoms with Crippen LogP contribution in [0.15, 0.2) is 17.3 Å². The summed E-state index contributed by atoms with van der Waals surface area (Å²) in [5.74, 6) is -1.02. The number of aliphatic hydroxyl groups excluding tert-OH is 1. The Bertz CT molecular complexity index is 775. The zero-order chi connectivity index (χ0) is 19.3. The molecule has 1 N–H and O–H groups in total. The summed E-state index contributed by atoms with van der Waals surface area (Å²) in [7, 11) is 1.00. The number of halogens is 3.